The Balaban J connectivity index is 2.18. The standard InChI is InChI=1S/C17H17Cl2NO2/c1-3-20(4-2)17(21)10-7-13-6-9-16(22-13)14-11-12(18)5-8-15(14)19/h5-11H,3-4H2,1-2H3/b10-7+. The first-order chi connectivity index (χ1) is 10.5. The van der Waals surface area contributed by atoms with E-state index < -0.39 is 0 Å². The van der Waals surface area contributed by atoms with E-state index >= 15 is 0 Å². The zero-order valence-electron chi connectivity index (χ0n) is 12.5. The summed E-state index contributed by atoms with van der Waals surface area (Å²) in [6.45, 7) is 5.26. The van der Waals surface area contributed by atoms with Gasteiger partial charge in [-0.15, -0.1) is 0 Å². The minimum absolute atomic E-state index is 0.0382. The van der Waals surface area contributed by atoms with Crippen LogP contribution in [0.3, 0.4) is 0 Å². The predicted octanol–water partition coefficient (Wildman–Crippen LogP) is 5.14. The Morgan fingerprint density at radius 2 is 1.91 bits per heavy atom. The number of hydrogen-bond acceptors (Lipinski definition) is 2. The number of halogens is 2. The van der Waals surface area contributed by atoms with E-state index in [0.717, 1.165) is 5.56 Å². The van der Waals surface area contributed by atoms with Gasteiger partial charge in [0.05, 0.1) is 5.02 Å². The third kappa shape index (κ3) is 3.93. The molecule has 1 aromatic carbocycles. The van der Waals surface area contributed by atoms with Crippen LogP contribution in [0.4, 0.5) is 0 Å². The van der Waals surface area contributed by atoms with Gasteiger partial charge >= 0.3 is 0 Å². The van der Waals surface area contributed by atoms with Crippen molar-refractivity contribution in [2.45, 2.75) is 13.8 Å². The lowest BCUT2D eigenvalue weighted by atomic mass is 10.2. The third-order valence-electron chi connectivity index (χ3n) is 3.29. The van der Waals surface area contributed by atoms with Gasteiger partial charge in [-0.3, -0.25) is 4.79 Å². The Hall–Kier alpha value is -1.71. The van der Waals surface area contributed by atoms with Gasteiger partial charge in [-0.1, -0.05) is 23.2 Å². The van der Waals surface area contributed by atoms with E-state index in [1.54, 1.807) is 41.3 Å². The summed E-state index contributed by atoms with van der Waals surface area (Å²) >= 11 is 12.1. The lowest BCUT2D eigenvalue weighted by Gasteiger charge is -2.15. The summed E-state index contributed by atoms with van der Waals surface area (Å²) in [5.41, 5.74) is 0.726. The largest absolute Gasteiger partial charge is 0.457 e. The summed E-state index contributed by atoms with van der Waals surface area (Å²) in [7, 11) is 0. The molecule has 1 aromatic heterocycles. The lowest BCUT2D eigenvalue weighted by molar-refractivity contribution is -0.125. The smallest absolute Gasteiger partial charge is 0.246 e. The second-order valence-corrected chi connectivity index (χ2v) is 5.51. The van der Waals surface area contributed by atoms with Crippen molar-refractivity contribution in [2.75, 3.05) is 13.1 Å². The fourth-order valence-electron chi connectivity index (χ4n) is 2.07. The van der Waals surface area contributed by atoms with E-state index in [1.165, 1.54) is 6.08 Å². The molecule has 0 spiro atoms. The molecule has 116 valence electrons. The first kappa shape index (κ1) is 16.7. The van der Waals surface area contributed by atoms with E-state index in [0.29, 0.717) is 34.7 Å². The van der Waals surface area contributed by atoms with E-state index in [1.807, 2.05) is 13.8 Å². The molecule has 1 heterocycles. The summed E-state index contributed by atoms with van der Waals surface area (Å²) < 4.78 is 5.70. The van der Waals surface area contributed by atoms with Crippen LogP contribution in [0.2, 0.25) is 10.0 Å². The quantitative estimate of drug-likeness (QED) is 0.708. The number of carbonyl (C=O) groups excluding carboxylic acids is 1. The van der Waals surface area contributed by atoms with Gasteiger partial charge < -0.3 is 9.32 Å². The third-order valence-corrected chi connectivity index (χ3v) is 3.85. The van der Waals surface area contributed by atoms with Gasteiger partial charge in [0, 0.05) is 29.8 Å². The van der Waals surface area contributed by atoms with Gasteiger partial charge in [-0.2, -0.15) is 0 Å². The number of nitrogens with zero attached hydrogens (tertiary/aromatic N) is 1. The molecule has 22 heavy (non-hydrogen) atoms. The van der Waals surface area contributed by atoms with E-state index in [9.17, 15) is 4.79 Å². The fraction of sp³-hybridized carbons (Fsp3) is 0.235. The number of furan rings is 1. The minimum atomic E-state index is -0.0382. The molecular weight excluding hydrogens is 321 g/mol. The van der Waals surface area contributed by atoms with Crippen molar-refractivity contribution in [2.24, 2.45) is 0 Å². The molecule has 0 aliphatic heterocycles. The summed E-state index contributed by atoms with van der Waals surface area (Å²) in [6.07, 6.45) is 3.16. The monoisotopic (exact) mass is 337 g/mol. The highest BCUT2D eigenvalue weighted by Crippen LogP contribution is 2.32. The van der Waals surface area contributed by atoms with Crippen LogP contribution in [0, 0.1) is 0 Å². The van der Waals surface area contributed by atoms with Crippen molar-refractivity contribution in [1.82, 2.24) is 4.90 Å². The molecule has 5 heteroatoms. The van der Waals surface area contributed by atoms with Crippen molar-refractivity contribution in [3.8, 4) is 11.3 Å². The van der Waals surface area contributed by atoms with E-state index in [4.69, 9.17) is 27.6 Å². The van der Waals surface area contributed by atoms with Crippen LogP contribution in [-0.4, -0.2) is 23.9 Å². The topological polar surface area (TPSA) is 33.5 Å². The molecule has 2 aromatic rings. The molecule has 0 aliphatic carbocycles. The fourth-order valence-corrected chi connectivity index (χ4v) is 2.45. The van der Waals surface area contributed by atoms with E-state index in [-0.39, 0.29) is 5.91 Å². The summed E-state index contributed by atoms with van der Waals surface area (Å²) in [6, 6.07) is 8.79. The number of likely N-dealkylation sites (N-methyl/N-ethyl adjacent to an activating group) is 1. The van der Waals surface area contributed by atoms with Gasteiger partial charge in [0.15, 0.2) is 0 Å². The van der Waals surface area contributed by atoms with Crippen LogP contribution in [0.1, 0.15) is 19.6 Å². The van der Waals surface area contributed by atoms with Crippen LogP contribution in [0.15, 0.2) is 40.8 Å². The summed E-state index contributed by atoms with van der Waals surface area (Å²) in [4.78, 5) is 13.6. The van der Waals surface area contributed by atoms with Gasteiger partial charge in [-0.05, 0) is 50.3 Å². The van der Waals surface area contributed by atoms with Crippen molar-refractivity contribution in [3.63, 3.8) is 0 Å². The van der Waals surface area contributed by atoms with Crippen molar-refractivity contribution >= 4 is 35.2 Å². The lowest BCUT2D eigenvalue weighted by Crippen LogP contribution is -2.28. The zero-order valence-corrected chi connectivity index (χ0v) is 14.0. The molecule has 1 amide bonds. The summed E-state index contributed by atoms with van der Waals surface area (Å²) in [5, 5.41) is 1.15. The first-order valence-electron chi connectivity index (χ1n) is 7.07. The number of carbonyl (C=O) groups is 1. The molecule has 0 saturated heterocycles. The average Bonchev–Trinajstić information content (AvgIpc) is 2.97. The van der Waals surface area contributed by atoms with Crippen LogP contribution in [-0.2, 0) is 4.79 Å². The molecule has 0 N–H and O–H groups in total. The zero-order chi connectivity index (χ0) is 16.1. The number of benzene rings is 1. The molecule has 0 fully saturated rings. The maximum absolute atomic E-state index is 11.9. The molecule has 0 unspecified atom stereocenters. The van der Waals surface area contributed by atoms with Crippen molar-refractivity contribution < 1.29 is 9.21 Å². The Labute approximate surface area is 140 Å². The average molecular weight is 338 g/mol. The molecule has 0 saturated carbocycles. The van der Waals surface area contributed by atoms with Gasteiger partial charge in [0.25, 0.3) is 0 Å². The number of hydrogen-bond donors (Lipinski definition) is 0. The van der Waals surface area contributed by atoms with Crippen LogP contribution in [0.25, 0.3) is 17.4 Å². The van der Waals surface area contributed by atoms with E-state index in [2.05, 4.69) is 0 Å². The molecule has 0 aliphatic rings. The van der Waals surface area contributed by atoms with Crippen molar-refractivity contribution in [3.05, 3.63) is 52.2 Å². The Kier molecular flexibility index (Phi) is 5.69. The maximum Gasteiger partial charge on any atom is 0.246 e. The van der Waals surface area contributed by atoms with Gasteiger partial charge in [0.1, 0.15) is 11.5 Å². The van der Waals surface area contributed by atoms with Crippen molar-refractivity contribution in [1.29, 1.82) is 0 Å². The Morgan fingerprint density at radius 1 is 1.18 bits per heavy atom. The van der Waals surface area contributed by atoms with Crippen LogP contribution < -0.4 is 0 Å². The molecule has 3 nitrogen and oxygen atoms in total. The van der Waals surface area contributed by atoms with Gasteiger partial charge in [0.2, 0.25) is 5.91 Å². The highest BCUT2D eigenvalue weighted by Gasteiger charge is 2.09. The highest BCUT2D eigenvalue weighted by atomic mass is 35.5. The molecule has 2 rings (SSSR count). The Bertz CT molecular complexity index is 688. The first-order valence-corrected chi connectivity index (χ1v) is 7.83. The van der Waals surface area contributed by atoms with Crippen LogP contribution >= 0.6 is 23.2 Å². The molecule has 0 atom stereocenters. The number of amides is 1. The van der Waals surface area contributed by atoms with Gasteiger partial charge in [-0.25, -0.2) is 0 Å². The normalized spacial score (nSPS) is 11.1. The molecule has 0 radical (unpaired) electrons. The Morgan fingerprint density at radius 3 is 2.59 bits per heavy atom. The molecule has 0 bridgehead atoms. The predicted molar refractivity (Wildman–Crippen MR) is 91.1 cm³/mol. The summed E-state index contributed by atoms with van der Waals surface area (Å²) in [5.74, 6) is 1.16. The SMILES string of the molecule is CCN(CC)C(=O)/C=C/c1ccc(-c2cc(Cl)ccc2Cl)o1. The van der Waals surface area contributed by atoms with Crippen LogP contribution in [0.5, 0.6) is 0 Å². The minimum Gasteiger partial charge on any atom is -0.457 e. The molecular formula is C17H17Cl2NO2. The second-order valence-electron chi connectivity index (χ2n) is 4.67. The maximum atomic E-state index is 11.9. The highest BCUT2D eigenvalue weighted by molar-refractivity contribution is 6.35. The number of rotatable bonds is 5. The second kappa shape index (κ2) is 7.52.